The summed E-state index contributed by atoms with van der Waals surface area (Å²) in [6.07, 6.45) is 2.67. The molecule has 0 saturated carbocycles. The van der Waals surface area contributed by atoms with Crippen molar-refractivity contribution in [3.63, 3.8) is 0 Å². The average molecular weight is 380 g/mol. The number of hydrogen-bond acceptors (Lipinski definition) is 3. The smallest absolute Gasteiger partial charge is 0.220 e. The van der Waals surface area contributed by atoms with Crippen LogP contribution in [-0.2, 0) is 17.9 Å². The van der Waals surface area contributed by atoms with Crippen LogP contribution in [-0.4, -0.2) is 38.0 Å². The van der Waals surface area contributed by atoms with Crippen LogP contribution in [0.5, 0.6) is 0 Å². The molecule has 2 N–H and O–H groups in total. The van der Waals surface area contributed by atoms with Crippen molar-refractivity contribution in [1.82, 2.24) is 15.5 Å². The number of rotatable bonds is 7. The van der Waals surface area contributed by atoms with E-state index in [0.717, 1.165) is 25.1 Å². The van der Waals surface area contributed by atoms with Gasteiger partial charge in [-0.3, -0.25) is 4.79 Å². The van der Waals surface area contributed by atoms with Gasteiger partial charge < -0.3 is 15.5 Å². The first-order valence-corrected chi connectivity index (χ1v) is 7.94. The number of carbonyl (C=O) groups excluding carboxylic acids is 1. The summed E-state index contributed by atoms with van der Waals surface area (Å²) in [5.74, 6) is 0.506. The van der Waals surface area contributed by atoms with E-state index in [1.54, 1.807) is 6.07 Å². The van der Waals surface area contributed by atoms with Crippen molar-refractivity contribution in [2.24, 2.45) is 5.92 Å². The predicted molar refractivity (Wildman–Crippen MR) is 100 cm³/mol. The van der Waals surface area contributed by atoms with Gasteiger partial charge in [0.05, 0.1) is 0 Å². The van der Waals surface area contributed by atoms with Gasteiger partial charge in [0, 0.05) is 25.1 Å². The van der Waals surface area contributed by atoms with Gasteiger partial charge in [-0.1, -0.05) is 6.07 Å². The van der Waals surface area contributed by atoms with E-state index in [0.29, 0.717) is 31.0 Å². The Morgan fingerprint density at radius 3 is 2.75 bits per heavy atom. The van der Waals surface area contributed by atoms with Crippen LogP contribution in [0.3, 0.4) is 0 Å². The first-order chi connectivity index (χ1) is 10.5. The molecule has 0 bridgehead atoms. The zero-order valence-electron chi connectivity index (χ0n) is 14.3. The third-order valence-corrected chi connectivity index (χ3v) is 4.03. The first-order valence-electron chi connectivity index (χ1n) is 7.94. The number of hydrogen-bond donors (Lipinski definition) is 2. The third-order valence-electron chi connectivity index (χ3n) is 4.03. The molecule has 7 heteroatoms. The summed E-state index contributed by atoms with van der Waals surface area (Å²) in [5.41, 5.74) is 1.60. The number of halogens is 3. The Balaban J connectivity index is 0.00000264. The second-order valence-electron chi connectivity index (χ2n) is 6.34. The SMILES string of the molecule is CN(C)Cc1cc(CNC(=O)CCC2CCNC2)ccc1F.Cl.Cl. The highest BCUT2D eigenvalue weighted by molar-refractivity contribution is 5.85. The highest BCUT2D eigenvalue weighted by Gasteiger charge is 2.15. The molecule has 0 spiro atoms. The molecule has 0 radical (unpaired) electrons. The van der Waals surface area contributed by atoms with Gasteiger partial charge in [0.1, 0.15) is 5.82 Å². The summed E-state index contributed by atoms with van der Waals surface area (Å²) in [4.78, 5) is 13.8. The zero-order chi connectivity index (χ0) is 15.9. The fourth-order valence-electron chi connectivity index (χ4n) is 2.78. The molecule has 1 aliphatic rings. The van der Waals surface area contributed by atoms with Crippen LogP contribution in [0, 0.1) is 11.7 Å². The molecule has 1 aromatic carbocycles. The number of nitrogens with zero attached hydrogens (tertiary/aromatic N) is 1. The lowest BCUT2D eigenvalue weighted by atomic mass is 10.0. The van der Waals surface area contributed by atoms with Gasteiger partial charge in [0.25, 0.3) is 0 Å². The van der Waals surface area contributed by atoms with Crippen molar-refractivity contribution >= 4 is 30.7 Å². The molecule has 1 atom stereocenters. The van der Waals surface area contributed by atoms with Crippen molar-refractivity contribution in [2.75, 3.05) is 27.2 Å². The van der Waals surface area contributed by atoms with Crippen LogP contribution < -0.4 is 10.6 Å². The van der Waals surface area contributed by atoms with Gasteiger partial charge in [-0.05, 0) is 63.6 Å². The number of carbonyl (C=O) groups is 1. The van der Waals surface area contributed by atoms with Crippen molar-refractivity contribution < 1.29 is 9.18 Å². The van der Waals surface area contributed by atoms with E-state index in [9.17, 15) is 9.18 Å². The van der Waals surface area contributed by atoms with E-state index in [4.69, 9.17) is 0 Å². The van der Waals surface area contributed by atoms with Gasteiger partial charge in [-0.15, -0.1) is 24.8 Å². The van der Waals surface area contributed by atoms with Crippen LogP contribution >= 0.6 is 24.8 Å². The summed E-state index contributed by atoms with van der Waals surface area (Å²) >= 11 is 0. The standard InChI is InChI=1S/C17H26FN3O.2ClH/c1-21(2)12-15-9-14(3-5-16(15)18)11-20-17(22)6-4-13-7-8-19-10-13;;/h3,5,9,13,19H,4,6-8,10-12H2,1-2H3,(H,20,22);2*1H. The lowest BCUT2D eigenvalue weighted by Gasteiger charge is -2.13. The lowest BCUT2D eigenvalue weighted by Crippen LogP contribution is -2.23. The molecule has 138 valence electrons. The van der Waals surface area contributed by atoms with E-state index >= 15 is 0 Å². The maximum absolute atomic E-state index is 13.7. The highest BCUT2D eigenvalue weighted by Crippen LogP contribution is 2.15. The summed E-state index contributed by atoms with van der Waals surface area (Å²) in [6, 6.07) is 5.04. The van der Waals surface area contributed by atoms with E-state index in [2.05, 4.69) is 10.6 Å². The normalized spacial score (nSPS) is 16.4. The summed E-state index contributed by atoms with van der Waals surface area (Å²) in [6.45, 7) is 3.11. The second-order valence-corrected chi connectivity index (χ2v) is 6.34. The van der Waals surface area contributed by atoms with Crippen molar-refractivity contribution in [3.05, 3.63) is 35.1 Å². The van der Waals surface area contributed by atoms with Gasteiger partial charge in [0.2, 0.25) is 5.91 Å². The number of benzene rings is 1. The molecule has 1 aliphatic heterocycles. The Hall–Kier alpha value is -0.880. The molecular weight excluding hydrogens is 352 g/mol. The minimum absolute atomic E-state index is 0. The molecule has 0 aromatic heterocycles. The van der Waals surface area contributed by atoms with Gasteiger partial charge >= 0.3 is 0 Å². The Morgan fingerprint density at radius 1 is 1.38 bits per heavy atom. The van der Waals surface area contributed by atoms with Gasteiger partial charge in [-0.25, -0.2) is 4.39 Å². The Labute approximate surface area is 156 Å². The van der Waals surface area contributed by atoms with Crippen molar-refractivity contribution in [3.8, 4) is 0 Å². The maximum Gasteiger partial charge on any atom is 0.220 e. The highest BCUT2D eigenvalue weighted by atomic mass is 35.5. The summed E-state index contributed by atoms with van der Waals surface area (Å²) in [7, 11) is 3.82. The number of nitrogens with one attached hydrogen (secondary N) is 2. The molecule has 1 amide bonds. The fourth-order valence-corrected chi connectivity index (χ4v) is 2.78. The minimum Gasteiger partial charge on any atom is -0.352 e. The average Bonchev–Trinajstić information content (AvgIpc) is 2.98. The minimum atomic E-state index is -0.197. The van der Waals surface area contributed by atoms with Gasteiger partial charge in [-0.2, -0.15) is 0 Å². The van der Waals surface area contributed by atoms with Crippen molar-refractivity contribution in [1.29, 1.82) is 0 Å². The number of amides is 1. The van der Waals surface area contributed by atoms with Crippen molar-refractivity contribution in [2.45, 2.75) is 32.4 Å². The van der Waals surface area contributed by atoms with E-state index < -0.39 is 0 Å². The second kappa shape index (κ2) is 11.6. The van der Waals surface area contributed by atoms with Crippen LogP contribution in [0.2, 0.25) is 0 Å². The summed E-state index contributed by atoms with van der Waals surface area (Å²) in [5, 5.41) is 6.24. The van der Waals surface area contributed by atoms with E-state index in [1.807, 2.05) is 25.1 Å². The fraction of sp³-hybridized carbons (Fsp3) is 0.588. The van der Waals surface area contributed by atoms with Crippen LogP contribution in [0.1, 0.15) is 30.4 Å². The molecule has 2 rings (SSSR count). The van der Waals surface area contributed by atoms with E-state index in [1.165, 1.54) is 12.5 Å². The summed E-state index contributed by atoms with van der Waals surface area (Å²) < 4.78 is 13.7. The molecule has 1 heterocycles. The van der Waals surface area contributed by atoms with Gasteiger partial charge in [0.15, 0.2) is 0 Å². The third kappa shape index (κ3) is 7.79. The largest absolute Gasteiger partial charge is 0.352 e. The molecule has 1 fully saturated rings. The molecule has 0 aliphatic carbocycles. The Bertz CT molecular complexity index is 509. The molecular formula is C17H28Cl2FN3O. The Morgan fingerprint density at radius 2 is 2.12 bits per heavy atom. The maximum atomic E-state index is 13.7. The zero-order valence-corrected chi connectivity index (χ0v) is 15.9. The monoisotopic (exact) mass is 379 g/mol. The molecule has 24 heavy (non-hydrogen) atoms. The molecule has 1 unspecified atom stereocenters. The molecule has 1 aromatic rings. The molecule has 4 nitrogen and oxygen atoms in total. The molecule has 1 saturated heterocycles. The predicted octanol–water partition coefficient (Wildman–Crippen LogP) is 2.74. The lowest BCUT2D eigenvalue weighted by molar-refractivity contribution is -0.121. The van der Waals surface area contributed by atoms with E-state index in [-0.39, 0.29) is 36.5 Å². The Kier molecular flexibility index (Phi) is 11.2. The van der Waals surface area contributed by atoms with Crippen LogP contribution in [0.15, 0.2) is 18.2 Å². The first kappa shape index (κ1) is 23.1. The quantitative estimate of drug-likeness (QED) is 0.765. The van der Waals surface area contributed by atoms with Crippen LogP contribution in [0.25, 0.3) is 0 Å². The topological polar surface area (TPSA) is 44.4 Å². The van der Waals surface area contributed by atoms with Crippen LogP contribution in [0.4, 0.5) is 4.39 Å².